The fraction of sp³-hybridized carbons (Fsp3) is 0.308. The van der Waals surface area contributed by atoms with E-state index in [4.69, 9.17) is 4.74 Å². The van der Waals surface area contributed by atoms with Crippen molar-refractivity contribution >= 4 is 32.8 Å². The number of aromatic nitrogens is 1. The van der Waals surface area contributed by atoms with Crippen LogP contribution in [0.4, 0.5) is 0 Å². The average molecular weight is 296 g/mol. The van der Waals surface area contributed by atoms with Gasteiger partial charge in [0.2, 0.25) is 0 Å². The minimum atomic E-state index is -0.142. The molecule has 0 saturated carbocycles. The van der Waals surface area contributed by atoms with Gasteiger partial charge in [0.1, 0.15) is 0 Å². The third kappa shape index (κ3) is 2.88. The van der Waals surface area contributed by atoms with E-state index < -0.39 is 0 Å². The lowest BCUT2D eigenvalue weighted by atomic mass is 10.1. The molecule has 2 rings (SSSR count). The number of fused-ring (bicyclic) bond motifs is 1. The van der Waals surface area contributed by atoms with Gasteiger partial charge in [-0.25, -0.2) is 0 Å². The second-order valence-corrected chi connectivity index (χ2v) is 4.72. The molecule has 0 amide bonds. The third-order valence-electron chi connectivity index (χ3n) is 2.63. The first kappa shape index (κ1) is 12.2. The Morgan fingerprint density at radius 2 is 2.29 bits per heavy atom. The number of halogens is 1. The molecule has 3 nitrogen and oxygen atoms in total. The Balaban J connectivity index is 2.13. The molecule has 1 aromatic heterocycles. The van der Waals surface area contributed by atoms with Crippen LogP contribution >= 0.6 is 15.9 Å². The number of benzene rings is 1. The summed E-state index contributed by atoms with van der Waals surface area (Å²) in [5.74, 6) is -0.142. The fourth-order valence-electron chi connectivity index (χ4n) is 1.83. The molecule has 0 aliphatic heterocycles. The van der Waals surface area contributed by atoms with Crippen molar-refractivity contribution in [3.8, 4) is 0 Å². The zero-order valence-corrected chi connectivity index (χ0v) is 11.2. The van der Waals surface area contributed by atoms with Crippen LogP contribution in [-0.4, -0.2) is 17.6 Å². The van der Waals surface area contributed by atoms with Crippen LogP contribution in [0.25, 0.3) is 10.9 Å². The summed E-state index contributed by atoms with van der Waals surface area (Å²) in [4.78, 5) is 14.5. The Morgan fingerprint density at radius 3 is 3.06 bits per heavy atom. The lowest BCUT2D eigenvalue weighted by Crippen LogP contribution is -2.04. The van der Waals surface area contributed by atoms with Gasteiger partial charge >= 0.3 is 5.97 Å². The summed E-state index contributed by atoms with van der Waals surface area (Å²) < 4.78 is 5.96. The van der Waals surface area contributed by atoms with E-state index in [0.717, 1.165) is 20.9 Å². The zero-order chi connectivity index (χ0) is 12.3. The number of esters is 1. The summed E-state index contributed by atoms with van der Waals surface area (Å²) in [6.07, 6.45) is 3.08. The molecule has 90 valence electrons. The molecule has 0 aliphatic carbocycles. The lowest BCUT2D eigenvalue weighted by molar-refractivity contribution is -0.143. The number of aromatic amines is 1. The zero-order valence-electron chi connectivity index (χ0n) is 9.63. The van der Waals surface area contributed by atoms with Gasteiger partial charge in [0.05, 0.1) is 6.61 Å². The topological polar surface area (TPSA) is 42.1 Å². The average Bonchev–Trinajstić information content (AvgIpc) is 2.69. The quantitative estimate of drug-likeness (QED) is 0.878. The lowest BCUT2D eigenvalue weighted by Gasteiger charge is -2.01. The number of hydrogen-bond donors (Lipinski definition) is 1. The molecule has 4 heteroatoms. The molecular formula is C13H14BrNO2. The van der Waals surface area contributed by atoms with Crippen LogP contribution in [0.1, 0.15) is 18.9 Å². The van der Waals surface area contributed by atoms with Crippen molar-refractivity contribution in [2.45, 2.75) is 19.8 Å². The van der Waals surface area contributed by atoms with Crippen LogP contribution in [0.3, 0.4) is 0 Å². The molecule has 0 unspecified atom stereocenters. The van der Waals surface area contributed by atoms with E-state index in [-0.39, 0.29) is 5.97 Å². The first-order valence-corrected chi connectivity index (χ1v) is 6.41. The molecule has 0 saturated heterocycles. The second kappa shape index (κ2) is 5.36. The van der Waals surface area contributed by atoms with E-state index in [1.807, 2.05) is 25.3 Å². The predicted octanol–water partition coefficient (Wildman–Crippen LogP) is 3.43. The normalized spacial score (nSPS) is 10.7. The van der Waals surface area contributed by atoms with Crippen LogP contribution in [0.15, 0.2) is 28.9 Å². The fourth-order valence-corrected chi connectivity index (χ4v) is 2.19. The van der Waals surface area contributed by atoms with E-state index in [9.17, 15) is 4.79 Å². The highest BCUT2D eigenvalue weighted by atomic mass is 79.9. The van der Waals surface area contributed by atoms with Crippen LogP contribution in [0.5, 0.6) is 0 Å². The molecule has 17 heavy (non-hydrogen) atoms. The standard InChI is InChI=1S/C13H14BrNO2/c1-2-17-13(16)6-3-9-8-15-12-5-4-10(14)7-11(9)12/h4-5,7-8,15H,2-3,6H2,1H3. The van der Waals surface area contributed by atoms with Crippen LogP contribution < -0.4 is 0 Å². The first-order chi connectivity index (χ1) is 8.20. The number of rotatable bonds is 4. The maximum Gasteiger partial charge on any atom is 0.306 e. The number of H-pyrrole nitrogens is 1. The highest BCUT2D eigenvalue weighted by Crippen LogP contribution is 2.23. The molecule has 0 atom stereocenters. The van der Waals surface area contributed by atoms with Crippen LogP contribution in [-0.2, 0) is 16.0 Å². The summed E-state index contributed by atoms with van der Waals surface area (Å²) in [5.41, 5.74) is 2.24. The van der Waals surface area contributed by atoms with Gasteiger partial charge in [0.25, 0.3) is 0 Å². The Morgan fingerprint density at radius 1 is 1.47 bits per heavy atom. The molecule has 0 bridgehead atoms. The molecule has 1 heterocycles. The van der Waals surface area contributed by atoms with Crippen molar-refractivity contribution in [1.82, 2.24) is 4.98 Å². The van der Waals surface area contributed by atoms with Gasteiger partial charge in [-0.2, -0.15) is 0 Å². The Bertz CT molecular complexity index is 533. The second-order valence-electron chi connectivity index (χ2n) is 3.81. The number of ether oxygens (including phenoxy) is 1. The molecule has 0 fully saturated rings. The van der Waals surface area contributed by atoms with Crippen molar-refractivity contribution in [2.24, 2.45) is 0 Å². The summed E-state index contributed by atoms with van der Waals surface area (Å²) in [5, 5.41) is 1.16. The Hall–Kier alpha value is -1.29. The van der Waals surface area contributed by atoms with Crippen molar-refractivity contribution in [1.29, 1.82) is 0 Å². The molecule has 1 N–H and O–H groups in total. The van der Waals surface area contributed by atoms with E-state index in [1.54, 1.807) is 0 Å². The van der Waals surface area contributed by atoms with Crippen molar-refractivity contribution < 1.29 is 9.53 Å². The molecule has 1 aromatic carbocycles. The van der Waals surface area contributed by atoms with Crippen molar-refractivity contribution in [3.05, 3.63) is 34.4 Å². The van der Waals surface area contributed by atoms with Crippen molar-refractivity contribution in [3.63, 3.8) is 0 Å². The number of hydrogen-bond acceptors (Lipinski definition) is 2. The van der Waals surface area contributed by atoms with Crippen LogP contribution in [0, 0.1) is 0 Å². The molecule has 0 spiro atoms. The smallest absolute Gasteiger partial charge is 0.306 e. The van der Waals surface area contributed by atoms with Gasteiger partial charge in [0.15, 0.2) is 0 Å². The monoisotopic (exact) mass is 295 g/mol. The molecule has 2 aromatic rings. The maximum absolute atomic E-state index is 11.3. The summed E-state index contributed by atoms with van der Waals surface area (Å²) in [6, 6.07) is 6.08. The number of nitrogens with one attached hydrogen (secondary N) is 1. The highest BCUT2D eigenvalue weighted by Gasteiger charge is 2.07. The Labute approximate surface area is 108 Å². The van der Waals surface area contributed by atoms with Gasteiger partial charge in [0, 0.05) is 28.0 Å². The molecule has 0 aliphatic rings. The SMILES string of the molecule is CCOC(=O)CCc1c[nH]c2ccc(Br)cc12. The Kier molecular flexibility index (Phi) is 3.84. The molecular weight excluding hydrogens is 282 g/mol. The number of aryl methyl sites for hydroxylation is 1. The number of carbonyl (C=O) groups is 1. The largest absolute Gasteiger partial charge is 0.466 e. The van der Waals surface area contributed by atoms with E-state index >= 15 is 0 Å². The van der Waals surface area contributed by atoms with Gasteiger partial charge in [-0.05, 0) is 37.1 Å². The molecule has 0 radical (unpaired) electrons. The van der Waals surface area contributed by atoms with E-state index in [2.05, 4.69) is 27.0 Å². The summed E-state index contributed by atoms with van der Waals surface area (Å²) in [7, 11) is 0. The highest BCUT2D eigenvalue weighted by molar-refractivity contribution is 9.10. The van der Waals surface area contributed by atoms with Gasteiger partial charge < -0.3 is 9.72 Å². The minimum absolute atomic E-state index is 0.142. The minimum Gasteiger partial charge on any atom is -0.466 e. The first-order valence-electron chi connectivity index (χ1n) is 5.62. The number of carbonyl (C=O) groups excluding carboxylic acids is 1. The van der Waals surface area contributed by atoms with Crippen LogP contribution in [0.2, 0.25) is 0 Å². The van der Waals surface area contributed by atoms with E-state index in [1.165, 1.54) is 0 Å². The predicted molar refractivity (Wildman–Crippen MR) is 71.0 cm³/mol. The van der Waals surface area contributed by atoms with Gasteiger partial charge in [-0.15, -0.1) is 0 Å². The van der Waals surface area contributed by atoms with Crippen molar-refractivity contribution in [2.75, 3.05) is 6.61 Å². The van der Waals surface area contributed by atoms with Gasteiger partial charge in [-0.3, -0.25) is 4.79 Å². The third-order valence-corrected chi connectivity index (χ3v) is 3.13. The maximum atomic E-state index is 11.3. The summed E-state index contributed by atoms with van der Waals surface area (Å²) in [6.45, 7) is 2.26. The van der Waals surface area contributed by atoms with E-state index in [0.29, 0.717) is 19.4 Å². The van der Waals surface area contributed by atoms with Gasteiger partial charge in [-0.1, -0.05) is 15.9 Å². The summed E-state index contributed by atoms with van der Waals surface area (Å²) >= 11 is 3.45.